The number of nitrogens with zero attached hydrogens (tertiary/aromatic N) is 1. The van der Waals surface area contributed by atoms with Crippen LogP contribution in [0.25, 0.3) is 0 Å². The predicted molar refractivity (Wildman–Crippen MR) is 89.2 cm³/mol. The number of hydrogen-bond acceptors (Lipinski definition) is 3. The summed E-state index contributed by atoms with van der Waals surface area (Å²) in [6, 6.07) is 6.18. The zero-order valence-corrected chi connectivity index (χ0v) is 14.0. The topological polar surface area (TPSA) is 34.1 Å². The molecular weight excluding hydrogens is 260 g/mol. The van der Waals surface area contributed by atoms with E-state index in [0.29, 0.717) is 12.5 Å². The van der Waals surface area contributed by atoms with Crippen molar-refractivity contribution in [2.75, 3.05) is 13.2 Å². The summed E-state index contributed by atoms with van der Waals surface area (Å²) in [5, 5.41) is 3.42. The molecule has 0 aromatic carbocycles. The lowest BCUT2D eigenvalue weighted by molar-refractivity contribution is 0.114. The normalized spacial score (nSPS) is 11.2. The van der Waals surface area contributed by atoms with Crippen molar-refractivity contribution in [2.24, 2.45) is 5.92 Å². The van der Waals surface area contributed by atoms with Crippen molar-refractivity contribution in [1.29, 1.82) is 0 Å². The molecular formula is C18H32N2O. The lowest BCUT2D eigenvalue weighted by Crippen LogP contribution is -2.19. The van der Waals surface area contributed by atoms with Crippen LogP contribution in [0.4, 0.5) is 0 Å². The first-order valence-corrected chi connectivity index (χ1v) is 8.45. The van der Waals surface area contributed by atoms with Crippen LogP contribution in [0.3, 0.4) is 0 Å². The second-order valence-electron chi connectivity index (χ2n) is 6.11. The fraction of sp³-hybridized carbons (Fsp3) is 0.722. The zero-order chi connectivity index (χ0) is 15.3. The van der Waals surface area contributed by atoms with Gasteiger partial charge in [-0.05, 0) is 31.0 Å². The number of hydrogen-bond donors (Lipinski definition) is 1. The lowest BCUT2D eigenvalue weighted by Gasteiger charge is -2.08. The second-order valence-corrected chi connectivity index (χ2v) is 6.11. The Morgan fingerprint density at radius 3 is 2.62 bits per heavy atom. The second kappa shape index (κ2) is 11.7. The van der Waals surface area contributed by atoms with Crippen LogP contribution in [0.5, 0.6) is 0 Å². The number of aromatic nitrogens is 1. The smallest absolute Gasteiger partial charge is 0.0887 e. The molecule has 3 heteroatoms. The highest BCUT2D eigenvalue weighted by molar-refractivity contribution is 5.10. The van der Waals surface area contributed by atoms with Crippen molar-refractivity contribution in [3.63, 3.8) is 0 Å². The van der Waals surface area contributed by atoms with Gasteiger partial charge in [-0.15, -0.1) is 0 Å². The van der Waals surface area contributed by atoms with Crippen LogP contribution in [-0.4, -0.2) is 18.1 Å². The van der Waals surface area contributed by atoms with Crippen LogP contribution in [0.15, 0.2) is 18.2 Å². The van der Waals surface area contributed by atoms with Crippen LogP contribution in [0, 0.1) is 5.92 Å². The summed E-state index contributed by atoms with van der Waals surface area (Å²) in [6.45, 7) is 10.0. The Kier molecular flexibility index (Phi) is 10.1. The van der Waals surface area contributed by atoms with E-state index >= 15 is 0 Å². The minimum atomic E-state index is 0.631. The average Bonchev–Trinajstić information content (AvgIpc) is 2.46. The van der Waals surface area contributed by atoms with Gasteiger partial charge in [0.05, 0.1) is 18.0 Å². The van der Waals surface area contributed by atoms with E-state index in [-0.39, 0.29) is 0 Å². The highest BCUT2D eigenvalue weighted by Crippen LogP contribution is 2.05. The molecule has 0 spiro atoms. The van der Waals surface area contributed by atoms with E-state index in [1.807, 2.05) is 6.07 Å². The first kappa shape index (κ1) is 18.1. The summed E-state index contributed by atoms with van der Waals surface area (Å²) in [5.74, 6) is 0.671. The standard InChI is InChI=1S/C18H32N2O/c1-4-5-6-7-8-12-21-15-18-11-9-10-17(20-18)14-19-13-16(2)3/h9-11,16,19H,4-8,12-15H2,1-3H3. The third-order valence-electron chi connectivity index (χ3n) is 3.37. The Morgan fingerprint density at radius 1 is 1.10 bits per heavy atom. The van der Waals surface area contributed by atoms with Gasteiger partial charge in [-0.3, -0.25) is 4.98 Å². The molecule has 1 rings (SSSR count). The molecule has 3 nitrogen and oxygen atoms in total. The largest absolute Gasteiger partial charge is 0.375 e. The van der Waals surface area contributed by atoms with Gasteiger partial charge >= 0.3 is 0 Å². The summed E-state index contributed by atoms with van der Waals surface area (Å²) in [4.78, 5) is 4.63. The Morgan fingerprint density at radius 2 is 1.86 bits per heavy atom. The first-order valence-electron chi connectivity index (χ1n) is 8.45. The van der Waals surface area contributed by atoms with E-state index in [2.05, 4.69) is 43.2 Å². The van der Waals surface area contributed by atoms with Crippen molar-refractivity contribution in [3.05, 3.63) is 29.6 Å². The van der Waals surface area contributed by atoms with Crippen molar-refractivity contribution in [2.45, 2.75) is 66.0 Å². The summed E-state index contributed by atoms with van der Waals surface area (Å²) in [6.07, 6.45) is 6.40. The van der Waals surface area contributed by atoms with Gasteiger partial charge in [0, 0.05) is 13.2 Å². The Balaban J connectivity index is 2.17. The highest BCUT2D eigenvalue weighted by atomic mass is 16.5. The van der Waals surface area contributed by atoms with Gasteiger partial charge in [-0.25, -0.2) is 0 Å². The Labute approximate surface area is 130 Å². The van der Waals surface area contributed by atoms with Gasteiger partial charge in [0.1, 0.15) is 0 Å². The van der Waals surface area contributed by atoms with E-state index in [4.69, 9.17) is 4.74 Å². The van der Waals surface area contributed by atoms with Gasteiger partial charge in [-0.2, -0.15) is 0 Å². The molecule has 1 aromatic heterocycles. The maximum Gasteiger partial charge on any atom is 0.0887 e. The molecule has 0 aliphatic heterocycles. The number of ether oxygens (including phenoxy) is 1. The van der Waals surface area contributed by atoms with Gasteiger partial charge in [0.2, 0.25) is 0 Å². The van der Waals surface area contributed by atoms with Crippen molar-refractivity contribution in [1.82, 2.24) is 10.3 Å². The number of nitrogens with one attached hydrogen (secondary N) is 1. The van der Waals surface area contributed by atoms with E-state index in [9.17, 15) is 0 Å². The molecule has 1 aromatic rings. The molecule has 0 amide bonds. The molecule has 0 unspecified atom stereocenters. The van der Waals surface area contributed by atoms with Crippen molar-refractivity contribution >= 4 is 0 Å². The molecule has 0 atom stereocenters. The molecule has 0 bridgehead atoms. The average molecular weight is 292 g/mol. The fourth-order valence-electron chi connectivity index (χ4n) is 2.18. The Hall–Kier alpha value is -0.930. The summed E-state index contributed by atoms with van der Waals surface area (Å²) < 4.78 is 5.71. The summed E-state index contributed by atoms with van der Waals surface area (Å²) in [7, 11) is 0. The van der Waals surface area contributed by atoms with Gasteiger partial charge in [0.15, 0.2) is 0 Å². The number of unbranched alkanes of at least 4 members (excludes halogenated alkanes) is 4. The lowest BCUT2D eigenvalue weighted by atomic mass is 10.2. The molecule has 1 heterocycles. The van der Waals surface area contributed by atoms with E-state index in [1.165, 1.54) is 25.7 Å². The molecule has 0 saturated carbocycles. The predicted octanol–water partition coefficient (Wildman–Crippen LogP) is 4.31. The minimum absolute atomic E-state index is 0.631. The highest BCUT2D eigenvalue weighted by Gasteiger charge is 2.00. The van der Waals surface area contributed by atoms with Crippen LogP contribution in [0.1, 0.15) is 64.3 Å². The molecule has 0 radical (unpaired) electrons. The van der Waals surface area contributed by atoms with Crippen LogP contribution >= 0.6 is 0 Å². The molecule has 120 valence electrons. The SMILES string of the molecule is CCCCCCCOCc1cccc(CNCC(C)C)n1. The van der Waals surface area contributed by atoms with E-state index < -0.39 is 0 Å². The third kappa shape index (κ3) is 9.59. The summed E-state index contributed by atoms with van der Waals surface area (Å²) in [5.41, 5.74) is 2.13. The summed E-state index contributed by atoms with van der Waals surface area (Å²) >= 11 is 0. The van der Waals surface area contributed by atoms with Gasteiger partial charge < -0.3 is 10.1 Å². The van der Waals surface area contributed by atoms with Gasteiger partial charge in [-0.1, -0.05) is 52.5 Å². The Bertz CT molecular complexity index is 366. The zero-order valence-electron chi connectivity index (χ0n) is 14.0. The number of pyridine rings is 1. The van der Waals surface area contributed by atoms with Crippen LogP contribution in [-0.2, 0) is 17.9 Å². The van der Waals surface area contributed by atoms with Crippen LogP contribution < -0.4 is 5.32 Å². The van der Waals surface area contributed by atoms with Crippen LogP contribution in [0.2, 0.25) is 0 Å². The quantitative estimate of drug-likeness (QED) is 0.583. The molecule has 0 aliphatic carbocycles. The maximum atomic E-state index is 5.71. The fourth-order valence-corrected chi connectivity index (χ4v) is 2.18. The van der Waals surface area contributed by atoms with E-state index in [0.717, 1.165) is 37.5 Å². The molecule has 1 N–H and O–H groups in total. The number of rotatable bonds is 12. The third-order valence-corrected chi connectivity index (χ3v) is 3.37. The molecule has 0 aliphatic rings. The molecule has 0 saturated heterocycles. The maximum absolute atomic E-state index is 5.71. The molecule has 0 fully saturated rings. The minimum Gasteiger partial charge on any atom is -0.375 e. The van der Waals surface area contributed by atoms with Crippen molar-refractivity contribution in [3.8, 4) is 0 Å². The first-order chi connectivity index (χ1) is 10.2. The van der Waals surface area contributed by atoms with E-state index in [1.54, 1.807) is 0 Å². The molecule has 21 heavy (non-hydrogen) atoms. The van der Waals surface area contributed by atoms with Crippen molar-refractivity contribution < 1.29 is 4.74 Å². The monoisotopic (exact) mass is 292 g/mol. The van der Waals surface area contributed by atoms with Gasteiger partial charge in [0.25, 0.3) is 0 Å².